The summed E-state index contributed by atoms with van der Waals surface area (Å²) in [5.41, 5.74) is 5.03. The molecule has 0 heterocycles. The van der Waals surface area contributed by atoms with Crippen LogP contribution in [-0.4, -0.2) is 0 Å². The van der Waals surface area contributed by atoms with E-state index in [9.17, 15) is 13.2 Å². The van der Waals surface area contributed by atoms with Gasteiger partial charge < -0.3 is 10.5 Å². The Hall–Kier alpha value is -1.69. The maximum atomic E-state index is 12.7. The summed E-state index contributed by atoms with van der Waals surface area (Å²) < 4.78 is 44.6. The Morgan fingerprint density at radius 1 is 1.05 bits per heavy atom. The van der Waals surface area contributed by atoms with Crippen molar-refractivity contribution in [3.05, 3.63) is 52.0 Å². The van der Waals surface area contributed by atoms with Gasteiger partial charge in [0.05, 0.1) is 5.56 Å². The molecule has 0 saturated heterocycles. The molecule has 0 atom stereocenters. The van der Waals surface area contributed by atoms with Gasteiger partial charge in [-0.2, -0.15) is 13.2 Å². The third-order valence-electron chi connectivity index (χ3n) is 2.70. The van der Waals surface area contributed by atoms with Gasteiger partial charge in [0.25, 0.3) is 0 Å². The number of anilines is 1. The SMILES string of the molecule is Cc1cc(Oc2ccc(N)c(C(F)(F)F)c2)ccc1Br. The highest BCUT2D eigenvalue weighted by atomic mass is 79.9. The fraction of sp³-hybridized carbons (Fsp3) is 0.143. The molecule has 0 aliphatic carbocycles. The molecular formula is C14H11BrF3NO. The van der Waals surface area contributed by atoms with E-state index >= 15 is 0 Å². The smallest absolute Gasteiger partial charge is 0.418 e. The Morgan fingerprint density at radius 2 is 1.65 bits per heavy atom. The Balaban J connectivity index is 2.32. The molecule has 0 aliphatic rings. The highest BCUT2D eigenvalue weighted by Crippen LogP contribution is 2.37. The molecule has 6 heteroatoms. The van der Waals surface area contributed by atoms with Gasteiger partial charge in [0, 0.05) is 10.2 Å². The Morgan fingerprint density at radius 3 is 2.25 bits per heavy atom. The quantitative estimate of drug-likeness (QED) is 0.763. The van der Waals surface area contributed by atoms with E-state index in [1.54, 1.807) is 18.2 Å². The van der Waals surface area contributed by atoms with Gasteiger partial charge in [0.1, 0.15) is 11.5 Å². The third kappa shape index (κ3) is 3.25. The van der Waals surface area contributed by atoms with Crippen molar-refractivity contribution >= 4 is 21.6 Å². The predicted octanol–water partition coefficient (Wildman–Crippen LogP) is 5.15. The van der Waals surface area contributed by atoms with E-state index in [4.69, 9.17) is 10.5 Å². The van der Waals surface area contributed by atoms with Crippen molar-refractivity contribution < 1.29 is 17.9 Å². The number of hydrogen-bond donors (Lipinski definition) is 1. The largest absolute Gasteiger partial charge is 0.457 e. The minimum atomic E-state index is -4.50. The molecule has 0 unspecified atom stereocenters. The second-order valence-electron chi connectivity index (χ2n) is 4.26. The number of nitrogens with two attached hydrogens (primary N) is 1. The molecule has 2 aromatic carbocycles. The number of ether oxygens (including phenoxy) is 1. The lowest BCUT2D eigenvalue weighted by Crippen LogP contribution is -2.08. The average Bonchev–Trinajstić information content (AvgIpc) is 2.35. The molecule has 2 rings (SSSR count). The van der Waals surface area contributed by atoms with E-state index in [0.29, 0.717) is 5.75 Å². The molecule has 2 N–H and O–H groups in total. The monoisotopic (exact) mass is 345 g/mol. The molecule has 106 valence electrons. The fourth-order valence-electron chi connectivity index (χ4n) is 1.66. The summed E-state index contributed by atoms with van der Waals surface area (Å²) in [5.74, 6) is 0.553. The zero-order chi connectivity index (χ0) is 14.9. The molecule has 0 bridgehead atoms. The van der Waals surface area contributed by atoms with Crippen LogP contribution < -0.4 is 10.5 Å². The molecule has 20 heavy (non-hydrogen) atoms. The van der Waals surface area contributed by atoms with Crippen LogP contribution in [-0.2, 0) is 6.18 Å². The first-order valence-electron chi connectivity index (χ1n) is 5.68. The first-order valence-corrected chi connectivity index (χ1v) is 6.47. The molecular weight excluding hydrogens is 335 g/mol. The number of hydrogen-bond acceptors (Lipinski definition) is 2. The van der Waals surface area contributed by atoms with E-state index in [1.807, 2.05) is 6.92 Å². The minimum absolute atomic E-state index is 0.0910. The highest BCUT2D eigenvalue weighted by Gasteiger charge is 2.33. The summed E-state index contributed by atoms with van der Waals surface area (Å²) in [6.07, 6.45) is -4.50. The topological polar surface area (TPSA) is 35.2 Å². The van der Waals surface area contributed by atoms with Crippen LogP contribution in [0.3, 0.4) is 0 Å². The van der Waals surface area contributed by atoms with Gasteiger partial charge in [-0.1, -0.05) is 15.9 Å². The predicted molar refractivity (Wildman–Crippen MR) is 74.8 cm³/mol. The molecule has 0 aromatic heterocycles. The molecule has 0 radical (unpaired) electrons. The van der Waals surface area contributed by atoms with Crippen LogP contribution in [0.5, 0.6) is 11.5 Å². The lowest BCUT2D eigenvalue weighted by molar-refractivity contribution is -0.137. The van der Waals surface area contributed by atoms with E-state index in [2.05, 4.69) is 15.9 Å². The number of nitrogen functional groups attached to an aromatic ring is 1. The number of aryl methyl sites for hydroxylation is 1. The van der Waals surface area contributed by atoms with Crippen LogP contribution in [0.25, 0.3) is 0 Å². The number of alkyl halides is 3. The van der Waals surface area contributed by atoms with Crippen molar-refractivity contribution in [3.63, 3.8) is 0 Å². The second-order valence-corrected chi connectivity index (χ2v) is 5.11. The third-order valence-corrected chi connectivity index (χ3v) is 3.59. The summed E-state index contributed by atoms with van der Waals surface area (Å²) in [7, 11) is 0. The van der Waals surface area contributed by atoms with Gasteiger partial charge in [-0.05, 0) is 48.9 Å². The van der Waals surface area contributed by atoms with Crippen molar-refractivity contribution in [2.45, 2.75) is 13.1 Å². The van der Waals surface area contributed by atoms with Crippen molar-refractivity contribution in [1.29, 1.82) is 0 Å². The average molecular weight is 346 g/mol. The molecule has 0 spiro atoms. The van der Waals surface area contributed by atoms with Crippen molar-refractivity contribution in [2.75, 3.05) is 5.73 Å². The fourth-order valence-corrected chi connectivity index (χ4v) is 1.91. The van der Waals surface area contributed by atoms with E-state index in [0.717, 1.165) is 16.1 Å². The van der Waals surface area contributed by atoms with Gasteiger partial charge >= 0.3 is 6.18 Å². The van der Waals surface area contributed by atoms with Crippen LogP contribution in [0.15, 0.2) is 40.9 Å². The lowest BCUT2D eigenvalue weighted by Gasteiger charge is -2.13. The van der Waals surface area contributed by atoms with Crippen molar-refractivity contribution in [3.8, 4) is 11.5 Å². The van der Waals surface area contributed by atoms with Gasteiger partial charge in [0.15, 0.2) is 0 Å². The second kappa shape index (κ2) is 5.36. The van der Waals surface area contributed by atoms with Gasteiger partial charge in [-0.15, -0.1) is 0 Å². The standard InChI is InChI=1S/C14H11BrF3NO/c1-8-6-9(2-4-12(8)15)20-10-3-5-13(19)11(7-10)14(16,17)18/h2-7H,19H2,1H3. The van der Waals surface area contributed by atoms with Crippen molar-refractivity contribution in [2.24, 2.45) is 0 Å². The van der Waals surface area contributed by atoms with E-state index in [-0.39, 0.29) is 11.4 Å². The van der Waals surface area contributed by atoms with E-state index < -0.39 is 11.7 Å². The molecule has 0 amide bonds. The summed E-state index contributed by atoms with van der Waals surface area (Å²) in [4.78, 5) is 0. The van der Waals surface area contributed by atoms with Gasteiger partial charge in [-0.3, -0.25) is 0 Å². The summed E-state index contributed by atoms with van der Waals surface area (Å²) in [6, 6.07) is 8.65. The van der Waals surface area contributed by atoms with Crippen molar-refractivity contribution in [1.82, 2.24) is 0 Å². The van der Waals surface area contributed by atoms with E-state index in [1.165, 1.54) is 12.1 Å². The normalized spacial score (nSPS) is 11.4. The Kier molecular flexibility index (Phi) is 3.94. The number of halogens is 4. The lowest BCUT2D eigenvalue weighted by atomic mass is 10.1. The molecule has 2 nitrogen and oxygen atoms in total. The zero-order valence-electron chi connectivity index (χ0n) is 10.5. The first kappa shape index (κ1) is 14.7. The minimum Gasteiger partial charge on any atom is -0.457 e. The van der Waals surface area contributed by atoms with Crippen LogP contribution in [0.2, 0.25) is 0 Å². The first-order chi connectivity index (χ1) is 9.27. The highest BCUT2D eigenvalue weighted by molar-refractivity contribution is 9.10. The summed E-state index contributed by atoms with van der Waals surface area (Å²) >= 11 is 3.34. The van der Waals surface area contributed by atoms with Crippen LogP contribution >= 0.6 is 15.9 Å². The van der Waals surface area contributed by atoms with Gasteiger partial charge in [-0.25, -0.2) is 0 Å². The number of rotatable bonds is 2. The summed E-state index contributed by atoms with van der Waals surface area (Å²) in [5, 5.41) is 0. The Labute approximate surface area is 122 Å². The summed E-state index contributed by atoms with van der Waals surface area (Å²) in [6.45, 7) is 1.86. The van der Waals surface area contributed by atoms with Gasteiger partial charge in [0.2, 0.25) is 0 Å². The molecule has 0 aliphatic heterocycles. The molecule has 0 fully saturated rings. The van der Waals surface area contributed by atoms with Crippen LogP contribution in [0.1, 0.15) is 11.1 Å². The number of benzene rings is 2. The maximum absolute atomic E-state index is 12.7. The molecule has 2 aromatic rings. The zero-order valence-corrected chi connectivity index (χ0v) is 12.0. The van der Waals surface area contributed by atoms with Crippen LogP contribution in [0.4, 0.5) is 18.9 Å². The van der Waals surface area contributed by atoms with Crippen LogP contribution in [0, 0.1) is 6.92 Å². The molecule has 0 saturated carbocycles. The maximum Gasteiger partial charge on any atom is 0.418 e. The Bertz CT molecular complexity index is 641.